The van der Waals surface area contributed by atoms with Gasteiger partial charge in [-0.15, -0.1) is 0 Å². The molecule has 1 N–H and O–H groups in total. The summed E-state index contributed by atoms with van der Waals surface area (Å²) in [5.41, 5.74) is 0.261. The van der Waals surface area contributed by atoms with Crippen molar-refractivity contribution in [3.8, 4) is 0 Å². The minimum absolute atomic E-state index is 0.0881. The molecule has 0 amide bonds. The van der Waals surface area contributed by atoms with E-state index in [1.165, 1.54) is 0 Å². The summed E-state index contributed by atoms with van der Waals surface area (Å²) in [5.74, 6) is -0.914. The van der Waals surface area contributed by atoms with Crippen LogP contribution in [-0.4, -0.2) is 61.7 Å². The van der Waals surface area contributed by atoms with Crippen LogP contribution in [0.2, 0.25) is 0 Å². The average Bonchev–Trinajstić information content (AvgIpc) is 2.02. The monoisotopic (exact) mass is 200 g/mol. The molecule has 0 aromatic carbocycles. The van der Waals surface area contributed by atoms with E-state index in [0.717, 1.165) is 13.0 Å². The van der Waals surface area contributed by atoms with Crippen molar-refractivity contribution in [2.75, 3.05) is 34.7 Å². The largest absolute Gasteiger partial charge is 0.478 e. The van der Waals surface area contributed by atoms with Crippen LogP contribution in [0.15, 0.2) is 12.2 Å². The first-order chi connectivity index (χ1) is 6.36. The maximum Gasteiger partial charge on any atom is 0.332 e. The molecule has 0 heterocycles. The zero-order chi connectivity index (χ0) is 11.3. The third-order valence-corrected chi connectivity index (χ3v) is 2.15. The van der Waals surface area contributed by atoms with E-state index >= 15 is 0 Å². The number of hydrogen-bond donors (Lipinski definition) is 1. The minimum atomic E-state index is -0.914. The van der Waals surface area contributed by atoms with Crippen molar-refractivity contribution in [1.29, 1.82) is 0 Å². The zero-order valence-corrected chi connectivity index (χ0v) is 9.45. The standard InChI is InChI=1S/C10H20N2O2/c1-8(10(13)14)9(12(4)5)6-7-11(2)3/h9H,1,6-7H2,2-5H3,(H,13,14). The third-order valence-electron chi connectivity index (χ3n) is 2.15. The molecule has 0 aliphatic heterocycles. The van der Waals surface area contributed by atoms with Crippen molar-refractivity contribution in [2.24, 2.45) is 0 Å². The highest BCUT2D eigenvalue weighted by Crippen LogP contribution is 2.10. The Bertz CT molecular complexity index is 212. The Kier molecular flexibility index (Phi) is 5.42. The molecule has 0 radical (unpaired) electrons. The fourth-order valence-corrected chi connectivity index (χ4v) is 1.27. The van der Waals surface area contributed by atoms with E-state index in [9.17, 15) is 4.79 Å². The SMILES string of the molecule is C=C(C(=O)O)C(CCN(C)C)N(C)C. The second-order valence-corrected chi connectivity index (χ2v) is 3.90. The van der Waals surface area contributed by atoms with E-state index in [4.69, 9.17) is 5.11 Å². The molecule has 0 aromatic heterocycles. The molecule has 0 saturated carbocycles. The molecule has 0 rings (SSSR count). The van der Waals surface area contributed by atoms with Gasteiger partial charge >= 0.3 is 5.97 Å². The molecule has 0 spiro atoms. The van der Waals surface area contributed by atoms with Gasteiger partial charge in [0.05, 0.1) is 0 Å². The van der Waals surface area contributed by atoms with Crippen LogP contribution < -0.4 is 0 Å². The van der Waals surface area contributed by atoms with Crippen LogP contribution in [0.4, 0.5) is 0 Å². The second kappa shape index (κ2) is 5.78. The topological polar surface area (TPSA) is 43.8 Å². The molecule has 1 unspecified atom stereocenters. The highest BCUT2D eigenvalue weighted by Gasteiger charge is 2.20. The predicted octanol–water partition coefficient (Wildman–Crippen LogP) is 0.509. The molecular formula is C10H20N2O2. The summed E-state index contributed by atoms with van der Waals surface area (Å²) >= 11 is 0. The Balaban J connectivity index is 4.30. The fourth-order valence-electron chi connectivity index (χ4n) is 1.27. The highest BCUT2D eigenvalue weighted by molar-refractivity contribution is 5.87. The van der Waals surface area contributed by atoms with Gasteiger partial charge in [0.15, 0.2) is 0 Å². The van der Waals surface area contributed by atoms with Crippen molar-refractivity contribution in [2.45, 2.75) is 12.5 Å². The summed E-state index contributed by atoms with van der Waals surface area (Å²) in [6.07, 6.45) is 0.783. The first-order valence-corrected chi connectivity index (χ1v) is 4.59. The van der Waals surface area contributed by atoms with Crippen LogP contribution >= 0.6 is 0 Å². The number of hydrogen-bond acceptors (Lipinski definition) is 3. The maximum atomic E-state index is 10.8. The molecule has 0 fully saturated rings. The van der Waals surface area contributed by atoms with Crippen LogP contribution in [0.1, 0.15) is 6.42 Å². The predicted molar refractivity (Wildman–Crippen MR) is 57.4 cm³/mol. The summed E-state index contributed by atoms with van der Waals surface area (Å²) in [6, 6.07) is -0.0881. The molecule has 0 aliphatic rings. The summed E-state index contributed by atoms with van der Waals surface area (Å²) in [5, 5.41) is 8.83. The fraction of sp³-hybridized carbons (Fsp3) is 0.700. The summed E-state index contributed by atoms with van der Waals surface area (Å²) in [6.45, 7) is 4.45. The van der Waals surface area contributed by atoms with E-state index in [1.54, 1.807) is 0 Å². The van der Waals surface area contributed by atoms with Crippen molar-refractivity contribution in [3.05, 3.63) is 12.2 Å². The van der Waals surface area contributed by atoms with E-state index in [1.807, 2.05) is 38.0 Å². The van der Waals surface area contributed by atoms with Crippen molar-refractivity contribution in [3.63, 3.8) is 0 Å². The molecule has 0 bridgehead atoms. The lowest BCUT2D eigenvalue weighted by atomic mass is 10.0. The van der Waals surface area contributed by atoms with Crippen LogP contribution in [0.25, 0.3) is 0 Å². The van der Waals surface area contributed by atoms with Gasteiger partial charge in [0.25, 0.3) is 0 Å². The number of aliphatic carboxylic acids is 1. The molecule has 4 nitrogen and oxygen atoms in total. The molecule has 14 heavy (non-hydrogen) atoms. The van der Waals surface area contributed by atoms with Crippen molar-refractivity contribution >= 4 is 5.97 Å². The second-order valence-electron chi connectivity index (χ2n) is 3.90. The molecule has 1 atom stereocenters. The highest BCUT2D eigenvalue weighted by atomic mass is 16.4. The Morgan fingerprint density at radius 3 is 2.14 bits per heavy atom. The van der Waals surface area contributed by atoms with E-state index in [-0.39, 0.29) is 11.6 Å². The summed E-state index contributed by atoms with van der Waals surface area (Å²) < 4.78 is 0. The minimum Gasteiger partial charge on any atom is -0.478 e. The Labute approximate surface area is 85.8 Å². The molecule has 0 saturated heterocycles. The smallest absolute Gasteiger partial charge is 0.332 e. The molecule has 0 aliphatic carbocycles. The van der Waals surface area contributed by atoms with Crippen LogP contribution in [0, 0.1) is 0 Å². The molecule has 4 heteroatoms. The van der Waals surface area contributed by atoms with Crippen LogP contribution in [-0.2, 0) is 4.79 Å². The lowest BCUT2D eigenvalue weighted by molar-refractivity contribution is -0.133. The lowest BCUT2D eigenvalue weighted by Gasteiger charge is -2.25. The molecule has 0 aromatic rings. The van der Waals surface area contributed by atoms with E-state index < -0.39 is 5.97 Å². The maximum absolute atomic E-state index is 10.8. The molecular weight excluding hydrogens is 180 g/mol. The number of nitrogens with zero attached hydrogens (tertiary/aromatic N) is 2. The van der Waals surface area contributed by atoms with E-state index in [2.05, 4.69) is 6.58 Å². The first-order valence-electron chi connectivity index (χ1n) is 4.59. The Morgan fingerprint density at radius 1 is 1.36 bits per heavy atom. The Morgan fingerprint density at radius 2 is 1.86 bits per heavy atom. The van der Waals surface area contributed by atoms with Gasteiger partial charge in [0.2, 0.25) is 0 Å². The molecule has 82 valence electrons. The van der Waals surface area contributed by atoms with Gasteiger partial charge in [0.1, 0.15) is 0 Å². The van der Waals surface area contributed by atoms with Gasteiger partial charge in [-0.05, 0) is 41.2 Å². The van der Waals surface area contributed by atoms with Crippen LogP contribution in [0.3, 0.4) is 0 Å². The number of carbonyl (C=O) groups is 1. The van der Waals surface area contributed by atoms with Gasteiger partial charge < -0.3 is 14.9 Å². The van der Waals surface area contributed by atoms with Crippen molar-refractivity contribution in [1.82, 2.24) is 9.80 Å². The summed E-state index contributed by atoms with van der Waals surface area (Å²) in [7, 11) is 7.68. The average molecular weight is 200 g/mol. The Hall–Kier alpha value is -0.870. The quantitative estimate of drug-likeness (QED) is 0.634. The summed E-state index contributed by atoms with van der Waals surface area (Å²) in [4.78, 5) is 14.7. The third kappa shape index (κ3) is 4.39. The normalized spacial score (nSPS) is 13.3. The van der Waals surface area contributed by atoms with Gasteiger partial charge in [-0.3, -0.25) is 0 Å². The lowest BCUT2D eigenvalue weighted by Crippen LogP contribution is -2.35. The number of likely N-dealkylation sites (N-methyl/N-ethyl adjacent to an activating group) is 1. The van der Waals surface area contributed by atoms with E-state index in [0.29, 0.717) is 0 Å². The van der Waals surface area contributed by atoms with Crippen molar-refractivity contribution < 1.29 is 9.90 Å². The number of carboxylic acid groups (broad SMARTS) is 1. The first kappa shape index (κ1) is 13.1. The van der Waals surface area contributed by atoms with Gasteiger partial charge in [-0.25, -0.2) is 4.79 Å². The van der Waals surface area contributed by atoms with Gasteiger partial charge in [-0.1, -0.05) is 6.58 Å². The number of rotatable bonds is 6. The van der Waals surface area contributed by atoms with Gasteiger partial charge in [-0.2, -0.15) is 0 Å². The van der Waals surface area contributed by atoms with Crippen LogP contribution in [0.5, 0.6) is 0 Å². The zero-order valence-electron chi connectivity index (χ0n) is 9.45. The number of carboxylic acids is 1. The van der Waals surface area contributed by atoms with Gasteiger partial charge in [0, 0.05) is 11.6 Å².